The maximum atomic E-state index is 10.9. The number of aliphatic hydroxyl groups excluding tert-OH is 1. The first-order chi connectivity index (χ1) is 8.95. The molecule has 2 N–H and O–H groups in total. The molecule has 0 fully saturated rings. The molecule has 0 aliphatic carbocycles. The van der Waals surface area contributed by atoms with Crippen molar-refractivity contribution in [2.24, 2.45) is 0 Å². The van der Waals surface area contributed by atoms with Crippen LogP contribution in [0.3, 0.4) is 0 Å². The van der Waals surface area contributed by atoms with Crippen molar-refractivity contribution >= 4 is 9.84 Å². The normalized spacial score (nSPS) is 10.2. The molecule has 106 valence electrons. The van der Waals surface area contributed by atoms with Crippen molar-refractivity contribution in [3.63, 3.8) is 0 Å². The van der Waals surface area contributed by atoms with Gasteiger partial charge < -0.3 is 10.4 Å². The number of nitriles is 1. The van der Waals surface area contributed by atoms with Crippen molar-refractivity contribution in [2.75, 3.05) is 26.0 Å². The van der Waals surface area contributed by atoms with Gasteiger partial charge >= 0.3 is 0 Å². The van der Waals surface area contributed by atoms with Gasteiger partial charge in [-0.25, -0.2) is 8.42 Å². The molecule has 0 amide bonds. The molecule has 0 saturated heterocycles. The lowest BCUT2D eigenvalue weighted by Crippen LogP contribution is -2.18. The fourth-order valence-electron chi connectivity index (χ4n) is 1.16. The zero-order valence-corrected chi connectivity index (χ0v) is 12.1. The van der Waals surface area contributed by atoms with Gasteiger partial charge in [0.25, 0.3) is 0 Å². The van der Waals surface area contributed by atoms with Crippen molar-refractivity contribution in [3.8, 4) is 6.07 Å². The van der Waals surface area contributed by atoms with Crippen LogP contribution in [0.1, 0.15) is 18.9 Å². The number of benzene rings is 1. The highest BCUT2D eigenvalue weighted by atomic mass is 32.2. The fraction of sp³-hybridized carbons (Fsp3) is 0.462. The zero-order chi connectivity index (χ0) is 14.7. The molecule has 0 unspecified atom stereocenters. The average Bonchev–Trinajstić information content (AvgIpc) is 2.39. The molecule has 1 aromatic carbocycles. The van der Waals surface area contributed by atoms with Crippen molar-refractivity contribution in [1.82, 2.24) is 5.32 Å². The van der Waals surface area contributed by atoms with Gasteiger partial charge in [-0.2, -0.15) is 5.26 Å². The maximum absolute atomic E-state index is 10.9. The summed E-state index contributed by atoms with van der Waals surface area (Å²) in [6.07, 6.45) is 2.27. The smallest absolute Gasteiger partial charge is 0.175 e. The van der Waals surface area contributed by atoms with Gasteiger partial charge in [0, 0.05) is 12.8 Å². The minimum Gasteiger partial charge on any atom is -0.395 e. The lowest BCUT2D eigenvalue weighted by Gasteiger charge is -1.95. The Labute approximate surface area is 114 Å². The molecule has 0 saturated carbocycles. The van der Waals surface area contributed by atoms with Gasteiger partial charge in [-0.3, -0.25) is 0 Å². The Hall–Kier alpha value is -1.42. The number of nitrogens with zero attached hydrogens (tertiary/aromatic N) is 1. The van der Waals surface area contributed by atoms with E-state index in [4.69, 9.17) is 10.4 Å². The first-order valence-corrected chi connectivity index (χ1v) is 7.86. The Morgan fingerprint density at radius 3 is 2.21 bits per heavy atom. The van der Waals surface area contributed by atoms with Crippen molar-refractivity contribution < 1.29 is 13.5 Å². The molecule has 1 rings (SSSR count). The summed E-state index contributed by atoms with van der Waals surface area (Å²) < 4.78 is 21.9. The Kier molecular flexibility index (Phi) is 8.79. The molecular formula is C13H20N2O3S. The van der Waals surface area contributed by atoms with E-state index in [9.17, 15) is 8.42 Å². The third kappa shape index (κ3) is 8.32. The standard InChI is InChI=1S/C8H7NO2S.C5H13NO/c1-12(10,11)8-4-2-7(6-9)3-5-8;1-2-3-6-4-5-7/h2-5H,1H3;6-7H,2-5H2,1H3. The van der Waals surface area contributed by atoms with Crippen LogP contribution in [0.4, 0.5) is 0 Å². The second kappa shape index (κ2) is 9.50. The molecule has 6 heteroatoms. The molecule has 0 radical (unpaired) electrons. The average molecular weight is 284 g/mol. The number of nitrogens with one attached hydrogen (secondary N) is 1. The summed E-state index contributed by atoms with van der Waals surface area (Å²) in [5.74, 6) is 0. The highest BCUT2D eigenvalue weighted by molar-refractivity contribution is 7.90. The summed E-state index contributed by atoms with van der Waals surface area (Å²) in [6.45, 7) is 4.10. The molecule has 0 heterocycles. The van der Waals surface area contributed by atoms with Gasteiger partial charge in [0.05, 0.1) is 23.1 Å². The summed E-state index contributed by atoms with van der Waals surface area (Å²) in [4.78, 5) is 0.238. The Morgan fingerprint density at radius 2 is 1.84 bits per heavy atom. The molecule has 1 aromatic rings. The van der Waals surface area contributed by atoms with Crippen LogP contribution in [-0.2, 0) is 9.84 Å². The van der Waals surface area contributed by atoms with Gasteiger partial charge in [-0.05, 0) is 37.2 Å². The molecule has 0 spiro atoms. The van der Waals surface area contributed by atoms with Crippen LogP contribution >= 0.6 is 0 Å². The van der Waals surface area contributed by atoms with Crippen molar-refractivity contribution in [1.29, 1.82) is 5.26 Å². The second-order valence-electron chi connectivity index (χ2n) is 3.88. The van der Waals surface area contributed by atoms with Crippen LogP contribution < -0.4 is 5.32 Å². The lowest BCUT2D eigenvalue weighted by atomic mass is 10.2. The summed E-state index contributed by atoms with van der Waals surface area (Å²) in [5.41, 5.74) is 0.461. The van der Waals surface area contributed by atoms with Crippen LogP contribution in [0.5, 0.6) is 0 Å². The van der Waals surface area contributed by atoms with Crippen LogP contribution in [0.15, 0.2) is 29.2 Å². The topological polar surface area (TPSA) is 90.2 Å². The van der Waals surface area contributed by atoms with Crippen molar-refractivity contribution in [2.45, 2.75) is 18.2 Å². The zero-order valence-electron chi connectivity index (χ0n) is 11.3. The molecule has 0 bridgehead atoms. The molecular weight excluding hydrogens is 264 g/mol. The Morgan fingerprint density at radius 1 is 1.26 bits per heavy atom. The fourth-order valence-corrected chi connectivity index (χ4v) is 1.79. The summed E-state index contributed by atoms with van der Waals surface area (Å²) in [6, 6.07) is 7.72. The van der Waals surface area contributed by atoms with Gasteiger partial charge in [-0.1, -0.05) is 6.92 Å². The van der Waals surface area contributed by atoms with E-state index < -0.39 is 9.84 Å². The predicted octanol–water partition coefficient (Wildman–Crippen LogP) is 0.940. The minimum absolute atomic E-state index is 0.238. The van der Waals surface area contributed by atoms with E-state index in [1.165, 1.54) is 24.3 Å². The van der Waals surface area contributed by atoms with Crippen LogP contribution in [-0.4, -0.2) is 39.5 Å². The van der Waals surface area contributed by atoms with Crippen LogP contribution in [0, 0.1) is 11.3 Å². The Bertz CT molecular complexity index is 486. The van der Waals surface area contributed by atoms with E-state index in [-0.39, 0.29) is 11.5 Å². The highest BCUT2D eigenvalue weighted by Crippen LogP contribution is 2.08. The van der Waals surface area contributed by atoms with Crippen LogP contribution in [0.2, 0.25) is 0 Å². The Balaban J connectivity index is 0.000000399. The van der Waals surface area contributed by atoms with E-state index >= 15 is 0 Å². The third-order valence-corrected chi connectivity index (χ3v) is 3.26. The van der Waals surface area contributed by atoms with E-state index in [0.717, 1.165) is 25.8 Å². The van der Waals surface area contributed by atoms with E-state index in [1.807, 2.05) is 6.07 Å². The van der Waals surface area contributed by atoms with Gasteiger partial charge in [-0.15, -0.1) is 0 Å². The number of aliphatic hydroxyl groups is 1. The van der Waals surface area contributed by atoms with Gasteiger partial charge in [0.2, 0.25) is 0 Å². The first-order valence-electron chi connectivity index (χ1n) is 5.97. The molecule has 0 aliphatic rings. The van der Waals surface area contributed by atoms with E-state index in [0.29, 0.717) is 5.56 Å². The highest BCUT2D eigenvalue weighted by Gasteiger charge is 2.05. The number of hydrogen-bond acceptors (Lipinski definition) is 5. The molecule has 5 nitrogen and oxygen atoms in total. The van der Waals surface area contributed by atoms with Gasteiger partial charge in [0.15, 0.2) is 9.84 Å². The summed E-state index contributed by atoms with van der Waals surface area (Å²) >= 11 is 0. The predicted molar refractivity (Wildman–Crippen MR) is 74.5 cm³/mol. The monoisotopic (exact) mass is 284 g/mol. The maximum Gasteiger partial charge on any atom is 0.175 e. The minimum atomic E-state index is -3.14. The quantitative estimate of drug-likeness (QED) is 0.785. The third-order valence-electron chi connectivity index (χ3n) is 2.13. The van der Waals surface area contributed by atoms with E-state index in [2.05, 4.69) is 12.2 Å². The van der Waals surface area contributed by atoms with E-state index in [1.54, 1.807) is 0 Å². The SMILES string of the molecule is CCCNCCO.CS(=O)(=O)c1ccc(C#N)cc1. The molecule has 0 aliphatic heterocycles. The number of hydrogen-bond donors (Lipinski definition) is 2. The molecule has 0 aromatic heterocycles. The largest absolute Gasteiger partial charge is 0.395 e. The summed E-state index contributed by atoms with van der Waals surface area (Å²) in [7, 11) is -3.14. The first kappa shape index (κ1) is 17.6. The van der Waals surface area contributed by atoms with Crippen LogP contribution in [0.25, 0.3) is 0 Å². The summed E-state index contributed by atoms with van der Waals surface area (Å²) in [5, 5.41) is 19.7. The van der Waals surface area contributed by atoms with Crippen molar-refractivity contribution in [3.05, 3.63) is 29.8 Å². The lowest BCUT2D eigenvalue weighted by molar-refractivity contribution is 0.292. The number of sulfone groups is 1. The second-order valence-corrected chi connectivity index (χ2v) is 5.90. The molecule has 19 heavy (non-hydrogen) atoms. The number of rotatable bonds is 5. The molecule has 0 atom stereocenters. The van der Waals surface area contributed by atoms with Gasteiger partial charge in [0.1, 0.15) is 0 Å².